The van der Waals surface area contributed by atoms with Gasteiger partial charge in [-0.1, -0.05) is 0 Å². The predicted octanol–water partition coefficient (Wildman–Crippen LogP) is 3.01. The number of nitrogen functional groups attached to an aromatic ring is 1. The van der Waals surface area contributed by atoms with Crippen LogP contribution in [0.4, 0.5) is 5.82 Å². The van der Waals surface area contributed by atoms with Crippen molar-refractivity contribution in [2.75, 3.05) is 5.73 Å². The largest absolute Gasteiger partial charge is 0.484 e. The fourth-order valence-corrected chi connectivity index (χ4v) is 2.74. The Kier molecular flexibility index (Phi) is 3.31. The maximum Gasteiger partial charge on any atom is 0.169 e. The van der Waals surface area contributed by atoms with E-state index in [1.807, 2.05) is 17.5 Å². The molecule has 0 aromatic carbocycles. The van der Waals surface area contributed by atoms with Gasteiger partial charge in [-0.3, -0.25) is 4.98 Å². The third kappa shape index (κ3) is 2.66. The summed E-state index contributed by atoms with van der Waals surface area (Å²) in [7, 11) is 0. The van der Waals surface area contributed by atoms with Crippen LogP contribution in [0.3, 0.4) is 0 Å². The molecule has 3 rings (SSSR count). The third-order valence-electron chi connectivity index (χ3n) is 2.45. The van der Waals surface area contributed by atoms with Crippen molar-refractivity contribution in [3.63, 3.8) is 0 Å². The third-order valence-corrected chi connectivity index (χ3v) is 3.69. The Labute approximate surface area is 121 Å². The van der Waals surface area contributed by atoms with E-state index in [1.54, 1.807) is 12.4 Å². The standard InChI is InChI=1S/C12H9BrN4OS/c13-7-3-8(5-15-4-7)18-6-10-16-11(14)9-1-2-19-12(9)17-10/h1-5H,6H2,(H2,14,16,17). The topological polar surface area (TPSA) is 73.9 Å². The summed E-state index contributed by atoms with van der Waals surface area (Å²) in [6, 6.07) is 3.75. The molecule has 0 aliphatic heterocycles. The average Bonchev–Trinajstić information content (AvgIpc) is 2.85. The molecular formula is C12H9BrN4OS. The Balaban J connectivity index is 1.81. The molecule has 0 saturated carbocycles. The Morgan fingerprint density at radius 2 is 2.21 bits per heavy atom. The normalized spacial score (nSPS) is 10.8. The van der Waals surface area contributed by atoms with Gasteiger partial charge in [0.2, 0.25) is 0 Å². The number of ether oxygens (including phenoxy) is 1. The Morgan fingerprint density at radius 1 is 1.32 bits per heavy atom. The van der Waals surface area contributed by atoms with E-state index in [9.17, 15) is 0 Å². The minimum Gasteiger partial charge on any atom is -0.484 e. The van der Waals surface area contributed by atoms with Gasteiger partial charge in [-0.05, 0) is 33.4 Å². The predicted molar refractivity (Wildman–Crippen MR) is 78.1 cm³/mol. The Hall–Kier alpha value is -1.73. The van der Waals surface area contributed by atoms with Crippen molar-refractivity contribution in [2.45, 2.75) is 6.61 Å². The summed E-state index contributed by atoms with van der Waals surface area (Å²) in [5.74, 6) is 1.70. The zero-order valence-corrected chi connectivity index (χ0v) is 12.1. The number of rotatable bonds is 3. The maximum atomic E-state index is 5.87. The number of nitrogens with two attached hydrogens (primary N) is 1. The molecule has 0 amide bonds. The number of fused-ring (bicyclic) bond motifs is 1. The number of hydrogen-bond acceptors (Lipinski definition) is 6. The highest BCUT2D eigenvalue weighted by Crippen LogP contribution is 2.23. The van der Waals surface area contributed by atoms with Crippen LogP contribution >= 0.6 is 27.3 Å². The first-order chi connectivity index (χ1) is 9.22. The molecule has 3 aromatic rings. The van der Waals surface area contributed by atoms with Crippen molar-refractivity contribution >= 4 is 43.3 Å². The van der Waals surface area contributed by atoms with E-state index < -0.39 is 0 Å². The minimum atomic E-state index is 0.260. The number of thiophene rings is 1. The maximum absolute atomic E-state index is 5.87. The number of aromatic nitrogens is 3. The van der Waals surface area contributed by atoms with E-state index >= 15 is 0 Å². The molecule has 0 fully saturated rings. The molecule has 3 heterocycles. The molecule has 7 heteroatoms. The molecule has 0 radical (unpaired) electrons. The van der Waals surface area contributed by atoms with Crippen LogP contribution in [0.2, 0.25) is 0 Å². The van der Waals surface area contributed by atoms with Crippen LogP contribution in [0, 0.1) is 0 Å². The lowest BCUT2D eigenvalue weighted by molar-refractivity contribution is 0.295. The van der Waals surface area contributed by atoms with Gasteiger partial charge in [-0.15, -0.1) is 11.3 Å². The first-order valence-corrected chi connectivity index (χ1v) is 7.12. The second-order valence-corrected chi connectivity index (χ2v) is 5.60. The van der Waals surface area contributed by atoms with Gasteiger partial charge in [0.1, 0.15) is 23.0 Å². The second kappa shape index (κ2) is 5.10. The van der Waals surface area contributed by atoms with Crippen molar-refractivity contribution in [1.29, 1.82) is 0 Å². The Bertz CT molecular complexity index is 731. The van der Waals surface area contributed by atoms with Crippen molar-refractivity contribution in [3.05, 3.63) is 40.2 Å². The molecule has 2 N–H and O–H groups in total. The lowest BCUT2D eigenvalue weighted by Crippen LogP contribution is -2.04. The van der Waals surface area contributed by atoms with Gasteiger partial charge in [0, 0.05) is 10.7 Å². The van der Waals surface area contributed by atoms with Gasteiger partial charge < -0.3 is 10.5 Å². The highest BCUT2D eigenvalue weighted by atomic mass is 79.9. The van der Waals surface area contributed by atoms with Gasteiger partial charge in [-0.2, -0.15) is 0 Å². The highest BCUT2D eigenvalue weighted by molar-refractivity contribution is 9.10. The Morgan fingerprint density at radius 3 is 3.05 bits per heavy atom. The molecule has 19 heavy (non-hydrogen) atoms. The van der Waals surface area contributed by atoms with Crippen molar-refractivity contribution < 1.29 is 4.74 Å². The van der Waals surface area contributed by atoms with Gasteiger partial charge in [0.05, 0.1) is 11.6 Å². The molecule has 0 aliphatic carbocycles. The minimum absolute atomic E-state index is 0.260. The summed E-state index contributed by atoms with van der Waals surface area (Å²) in [6.45, 7) is 0.260. The van der Waals surface area contributed by atoms with Gasteiger partial charge >= 0.3 is 0 Å². The van der Waals surface area contributed by atoms with Gasteiger partial charge in [-0.25, -0.2) is 9.97 Å². The molecule has 0 aliphatic rings. The quantitative estimate of drug-likeness (QED) is 0.795. The monoisotopic (exact) mass is 336 g/mol. The van der Waals surface area contributed by atoms with E-state index in [0.717, 1.165) is 14.7 Å². The van der Waals surface area contributed by atoms with Crippen LogP contribution in [0.25, 0.3) is 10.2 Å². The molecular weight excluding hydrogens is 328 g/mol. The fraction of sp³-hybridized carbons (Fsp3) is 0.0833. The van der Waals surface area contributed by atoms with Crippen molar-refractivity contribution in [2.24, 2.45) is 0 Å². The molecule has 0 saturated heterocycles. The molecule has 0 spiro atoms. The first kappa shape index (κ1) is 12.3. The molecule has 0 unspecified atom stereocenters. The summed E-state index contributed by atoms with van der Waals surface area (Å²) in [5, 5.41) is 2.83. The summed E-state index contributed by atoms with van der Waals surface area (Å²) in [4.78, 5) is 13.5. The van der Waals surface area contributed by atoms with E-state index in [4.69, 9.17) is 10.5 Å². The summed E-state index contributed by atoms with van der Waals surface area (Å²) in [5.41, 5.74) is 5.87. The summed E-state index contributed by atoms with van der Waals surface area (Å²) >= 11 is 4.87. The van der Waals surface area contributed by atoms with Gasteiger partial charge in [0.15, 0.2) is 5.82 Å². The van der Waals surface area contributed by atoms with E-state index in [0.29, 0.717) is 17.4 Å². The smallest absolute Gasteiger partial charge is 0.169 e. The fourth-order valence-electron chi connectivity index (χ4n) is 1.61. The number of anilines is 1. The highest BCUT2D eigenvalue weighted by Gasteiger charge is 2.07. The molecule has 96 valence electrons. The van der Waals surface area contributed by atoms with Crippen molar-refractivity contribution in [3.8, 4) is 5.75 Å². The van der Waals surface area contributed by atoms with Crippen LogP contribution in [0.5, 0.6) is 5.75 Å². The number of halogens is 1. The molecule has 0 atom stereocenters. The zero-order valence-electron chi connectivity index (χ0n) is 9.71. The summed E-state index contributed by atoms with van der Waals surface area (Å²) < 4.78 is 6.45. The van der Waals surface area contributed by atoms with Crippen LogP contribution in [0.15, 0.2) is 34.4 Å². The van der Waals surface area contributed by atoms with Crippen LogP contribution in [-0.2, 0) is 6.61 Å². The zero-order chi connectivity index (χ0) is 13.2. The SMILES string of the molecule is Nc1nc(COc2cncc(Br)c2)nc2sccc12. The number of nitrogens with zero attached hydrogens (tertiary/aromatic N) is 3. The molecule has 5 nitrogen and oxygen atoms in total. The number of hydrogen-bond donors (Lipinski definition) is 1. The second-order valence-electron chi connectivity index (χ2n) is 3.79. The van der Waals surface area contributed by atoms with E-state index in [-0.39, 0.29) is 6.61 Å². The average molecular weight is 337 g/mol. The van der Waals surface area contributed by atoms with Crippen LogP contribution in [-0.4, -0.2) is 15.0 Å². The van der Waals surface area contributed by atoms with Crippen LogP contribution in [0.1, 0.15) is 5.82 Å². The lowest BCUT2D eigenvalue weighted by atomic mass is 10.4. The van der Waals surface area contributed by atoms with Crippen molar-refractivity contribution in [1.82, 2.24) is 15.0 Å². The number of pyridine rings is 1. The van der Waals surface area contributed by atoms with Gasteiger partial charge in [0.25, 0.3) is 0 Å². The lowest BCUT2D eigenvalue weighted by Gasteiger charge is -2.06. The summed E-state index contributed by atoms with van der Waals surface area (Å²) in [6.07, 6.45) is 3.33. The van der Waals surface area contributed by atoms with Crippen LogP contribution < -0.4 is 10.5 Å². The molecule has 3 aromatic heterocycles. The first-order valence-electron chi connectivity index (χ1n) is 5.45. The van der Waals surface area contributed by atoms with E-state index in [1.165, 1.54) is 11.3 Å². The molecule has 0 bridgehead atoms. The van der Waals surface area contributed by atoms with E-state index in [2.05, 4.69) is 30.9 Å².